The average Bonchev–Trinajstić information content (AvgIpc) is 3.41. The summed E-state index contributed by atoms with van der Waals surface area (Å²) >= 11 is 0. The highest BCUT2D eigenvalue weighted by atomic mass is 127. The van der Waals surface area contributed by atoms with E-state index < -0.39 is 0 Å². The summed E-state index contributed by atoms with van der Waals surface area (Å²) in [4.78, 5) is 19.3. The van der Waals surface area contributed by atoms with Crippen molar-refractivity contribution in [2.45, 2.75) is 57.9 Å². The normalized spacial score (nSPS) is 20.6. The second kappa shape index (κ2) is 11.6. The van der Waals surface area contributed by atoms with Gasteiger partial charge in [0.15, 0.2) is 5.96 Å². The summed E-state index contributed by atoms with van der Waals surface area (Å²) in [6.07, 6.45) is 9.10. The summed E-state index contributed by atoms with van der Waals surface area (Å²) in [6.45, 7) is 5.36. The van der Waals surface area contributed by atoms with Crippen molar-refractivity contribution in [2.24, 2.45) is 10.9 Å². The van der Waals surface area contributed by atoms with Gasteiger partial charge in [0.2, 0.25) is 5.91 Å². The van der Waals surface area contributed by atoms with Gasteiger partial charge in [-0.3, -0.25) is 9.79 Å². The molecule has 2 aliphatic rings. The van der Waals surface area contributed by atoms with Gasteiger partial charge in [-0.15, -0.1) is 24.0 Å². The molecule has 1 unspecified atom stereocenters. The first-order chi connectivity index (χ1) is 12.8. The molecule has 1 saturated heterocycles. The number of aliphatic imine (C=N–C) groups is 1. The van der Waals surface area contributed by atoms with Crippen LogP contribution in [0, 0.1) is 5.92 Å². The topological polar surface area (TPSA) is 69.9 Å². The Hall–Kier alpha value is -1.25. The molecule has 0 bridgehead atoms. The molecule has 1 atom stereocenters. The third-order valence-corrected chi connectivity index (χ3v) is 5.28. The fourth-order valence-electron chi connectivity index (χ4n) is 3.84. The number of nitrogens with zero attached hydrogens (tertiary/aromatic N) is 2. The molecule has 7 heteroatoms. The van der Waals surface area contributed by atoms with E-state index in [2.05, 4.69) is 22.5 Å². The molecule has 1 aliphatic heterocycles. The Morgan fingerprint density at radius 2 is 2.15 bits per heavy atom. The Kier molecular flexibility index (Phi) is 9.44. The quantitative estimate of drug-likeness (QED) is 0.352. The number of halogens is 1. The lowest BCUT2D eigenvalue weighted by Crippen LogP contribution is -2.46. The fraction of sp³-hybridized carbons (Fsp3) is 0.700. The predicted octanol–water partition coefficient (Wildman–Crippen LogP) is 3.18. The van der Waals surface area contributed by atoms with Crippen LogP contribution in [0.5, 0.6) is 0 Å². The van der Waals surface area contributed by atoms with Crippen LogP contribution < -0.4 is 10.6 Å². The Morgan fingerprint density at radius 3 is 2.85 bits per heavy atom. The summed E-state index contributed by atoms with van der Waals surface area (Å²) in [5, 5.41) is 6.92. The summed E-state index contributed by atoms with van der Waals surface area (Å²) in [7, 11) is 0. The van der Waals surface area contributed by atoms with Crippen molar-refractivity contribution in [1.29, 1.82) is 0 Å². The van der Waals surface area contributed by atoms with Crippen LogP contribution in [0.25, 0.3) is 0 Å². The van der Waals surface area contributed by atoms with E-state index in [1.807, 2.05) is 17.0 Å². The van der Waals surface area contributed by atoms with Crippen molar-refractivity contribution in [2.75, 3.05) is 26.2 Å². The number of guanidine groups is 1. The van der Waals surface area contributed by atoms with Gasteiger partial charge in [0.05, 0.1) is 6.26 Å². The minimum absolute atomic E-state index is 0. The maximum absolute atomic E-state index is 12.6. The van der Waals surface area contributed by atoms with Gasteiger partial charge in [-0.25, -0.2) is 0 Å². The smallest absolute Gasteiger partial charge is 0.225 e. The second-order valence-electron chi connectivity index (χ2n) is 7.38. The van der Waals surface area contributed by atoms with E-state index in [0.717, 1.165) is 70.0 Å². The monoisotopic (exact) mass is 488 g/mol. The first-order valence-corrected chi connectivity index (χ1v) is 10.1. The van der Waals surface area contributed by atoms with Crippen LogP contribution in [0.4, 0.5) is 0 Å². The molecule has 152 valence electrons. The van der Waals surface area contributed by atoms with Crippen LogP contribution >= 0.6 is 24.0 Å². The van der Waals surface area contributed by atoms with Gasteiger partial charge in [-0.2, -0.15) is 0 Å². The lowest BCUT2D eigenvalue weighted by Gasteiger charge is -2.21. The third-order valence-electron chi connectivity index (χ3n) is 5.28. The van der Waals surface area contributed by atoms with Gasteiger partial charge in [0.25, 0.3) is 0 Å². The summed E-state index contributed by atoms with van der Waals surface area (Å²) in [5.41, 5.74) is 0. The van der Waals surface area contributed by atoms with Gasteiger partial charge < -0.3 is 20.0 Å². The van der Waals surface area contributed by atoms with Gasteiger partial charge >= 0.3 is 0 Å². The highest BCUT2D eigenvalue weighted by Gasteiger charge is 2.32. The standard InChI is InChI=1S/C20H32N4O2.HI/c1-2-11-21-20(22-12-9-18-8-5-14-26-18)23-17-10-13-24(15-17)19(25)16-6-3-4-7-16;/h5,8,14,16-17H,2-4,6-7,9-13,15H2,1H3,(H2,21,22,23);1H. The van der Waals surface area contributed by atoms with E-state index in [0.29, 0.717) is 5.91 Å². The van der Waals surface area contributed by atoms with Gasteiger partial charge in [0.1, 0.15) is 5.76 Å². The number of furan rings is 1. The molecular formula is C20H33IN4O2. The van der Waals surface area contributed by atoms with E-state index >= 15 is 0 Å². The minimum atomic E-state index is 0. The number of likely N-dealkylation sites (tertiary alicyclic amines) is 1. The van der Waals surface area contributed by atoms with Crippen LogP contribution in [0.3, 0.4) is 0 Å². The zero-order valence-corrected chi connectivity index (χ0v) is 18.6. The molecular weight excluding hydrogens is 455 g/mol. The molecule has 1 saturated carbocycles. The first-order valence-electron chi connectivity index (χ1n) is 10.1. The highest BCUT2D eigenvalue weighted by Crippen LogP contribution is 2.27. The van der Waals surface area contributed by atoms with E-state index in [-0.39, 0.29) is 35.9 Å². The molecule has 0 radical (unpaired) electrons. The molecule has 1 aromatic heterocycles. The number of hydrogen-bond donors (Lipinski definition) is 2. The van der Waals surface area contributed by atoms with E-state index in [1.54, 1.807) is 6.26 Å². The van der Waals surface area contributed by atoms with Crippen LogP contribution in [0.1, 0.15) is 51.2 Å². The molecule has 0 aromatic carbocycles. The summed E-state index contributed by atoms with van der Waals surface area (Å²) in [5.74, 6) is 2.46. The van der Waals surface area contributed by atoms with Crippen LogP contribution in [0.15, 0.2) is 27.8 Å². The Morgan fingerprint density at radius 1 is 1.33 bits per heavy atom. The predicted molar refractivity (Wildman–Crippen MR) is 119 cm³/mol. The number of nitrogens with one attached hydrogen (secondary N) is 2. The lowest BCUT2D eigenvalue weighted by molar-refractivity contribution is -0.134. The zero-order chi connectivity index (χ0) is 18.2. The molecule has 1 aliphatic carbocycles. The van der Waals surface area contributed by atoms with Crippen molar-refractivity contribution in [3.05, 3.63) is 24.2 Å². The molecule has 0 spiro atoms. The van der Waals surface area contributed by atoms with Crippen LogP contribution in [-0.4, -0.2) is 49.0 Å². The van der Waals surface area contributed by atoms with Crippen molar-refractivity contribution < 1.29 is 9.21 Å². The van der Waals surface area contributed by atoms with Crippen molar-refractivity contribution in [3.63, 3.8) is 0 Å². The molecule has 2 fully saturated rings. The van der Waals surface area contributed by atoms with Crippen LogP contribution in [-0.2, 0) is 11.2 Å². The van der Waals surface area contributed by atoms with Gasteiger partial charge in [-0.05, 0) is 37.8 Å². The third kappa shape index (κ3) is 6.69. The number of carbonyl (C=O) groups excluding carboxylic acids is 1. The maximum atomic E-state index is 12.6. The first kappa shape index (κ1) is 22.0. The largest absolute Gasteiger partial charge is 0.469 e. The SMILES string of the molecule is CCCN=C(NCCc1ccco1)NC1CCN(C(=O)C2CCCC2)C1.I. The molecule has 1 amide bonds. The Labute approximate surface area is 179 Å². The zero-order valence-electron chi connectivity index (χ0n) is 16.3. The molecule has 27 heavy (non-hydrogen) atoms. The minimum Gasteiger partial charge on any atom is -0.469 e. The van der Waals surface area contributed by atoms with Gasteiger partial charge in [0, 0.05) is 44.6 Å². The van der Waals surface area contributed by atoms with Crippen LogP contribution in [0.2, 0.25) is 0 Å². The molecule has 6 nitrogen and oxygen atoms in total. The number of hydrogen-bond acceptors (Lipinski definition) is 3. The Bertz CT molecular complexity index is 585. The number of carbonyl (C=O) groups is 1. The van der Waals surface area contributed by atoms with E-state index in [9.17, 15) is 4.79 Å². The lowest BCUT2D eigenvalue weighted by atomic mass is 10.1. The molecule has 2 N–H and O–H groups in total. The maximum Gasteiger partial charge on any atom is 0.225 e. The number of amides is 1. The summed E-state index contributed by atoms with van der Waals surface area (Å²) in [6, 6.07) is 4.18. The van der Waals surface area contributed by atoms with Crippen molar-refractivity contribution >= 4 is 35.8 Å². The molecule has 1 aromatic rings. The molecule has 3 rings (SSSR count). The summed E-state index contributed by atoms with van der Waals surface area (Å²) < 4.78 is 5.37. The molecule has 2 heterocycles. The van der Waals surface area contributed by atoms with Gasteiger partial charge in [-0.1, -0.05) is 19.8 Å². The fourth-order valence-corrected chi connectivity index (χ4v) is 3.84. The van der Waals surface area contributed by atoms with Crippen molar-refractivity contribution in [1.82, 2.24) is 15.5 Å². The van der Waals surface area contributed by atoms with E-state index in [4.69, 9.17) is 4.42 Å². The van der Waals surface area contributed by atoms with E-state index in [1.165, 1.54) is 12.8 Å². The second-order valence-corrected chi connectivity index (χ2v) is 7.38. The highest BCUT2D eigenvalue weighted by molar-refractivity contribution is 14.0. The number of rotatable bonds is 7. The average molecular weight is 488 g/mol. The van der Waals surface area contributed by atoms with Crippen molar-refractivity contribution in [3.8, 4) is 0 Å². The Balaban J connectivity index is 0.00000261.